The number of aliphatic hydroxyl groups is 1. The molecule has 0 bridgehead atoms. The molecular weight excluding hydrogens is 148 g/mol. The monoisotopic (exact) mass is 160 g/mol. The van der Waals surface area contributed by atoms with Gasteiger partial charge >= 0.3 is 0 Å². The second-order valence-electron chi connectivity index (χ2n) is 2.74. The summed E-state index contributed by atoms with van der Waals surface area (Å²) in [4.78, 5) is 0. The molecule has 1 atom stereocenters. The first-order valence-corrected chi connectivity index (χ1v) is 3.97. The summed E-state index contributed by atoms with van der Waals surface area (Å²) in [6, 6.07) is 9.94. The lowest BCUT2D eigenvalue weighted by molar-refractivity contribution is 0.257. The van der Waals surface area contributed by atoms with Crippen molar-refractivity contribution in [1.82, 2.24) is 0 Å². The van der Waals surface area contributed by atoms with Gasteiger partial charge in [0.05, 0.1) is 6.61 Å². The van der Waals surface area contributed by atoms with E-state index in [1.807, 2.05) is 30.3 Å². The minimum absolute atomic E-state index is 0.0487. The third-order valence-electron chi connectivity index (χ3n) is 1.78. The third kappa shape index (κ3) is 2.41. The molecule has 1 N–H and O–H groups in total. The molecular formula is C11H12O. The van der Waals surface area contributed by atoms with E-state index in [9.17, 15) is 0 Å². The number of hydrogen-bond donors (Lipinski definition) is 1. The first-order chi connectivity index (χ1) is 5.86. The van der Waals surface area contributed by atoms with Gasteiger partial charge < -0.3 is 5.11 Å². The van der Waals surface area contributed by atoms with Gasteiger partial charge in [0, 0.05) is 5.92 Å². The smallest absolute Gasteiger partial charge is 0.0572 e. The zero-order valence-electron chi connectivity index (χ0n) is 6.90. The molecule has 0 aliphatic heterocycles. The molecule has 1 nitrogen and oxygen atoms in total. The highest BCUT2D eigenvalue weighted by molar-refractivity contribution is 5.17. The van der Waals surface area contributed by atoms with E-state index in [-0.39, 0.29) is 12.5 Å². The lowest BCUT2D eigenvalue weighted by atomic mass is 10.0. The van der Waals surface area contributed by atoms with Gasteiger partial charge in [0.25, 0.3) is 0 Å². The Kier molecular flexibility index (Phi) is 3.37. The van der Waals surface area contributed by atoms with Crippen LogP contribution in [0.4, 0.5) is 0 Å². The maximum atomic E-state index is 8.84. The van der Waals surface area contributed by atoms with Gasteiger partial charge in [-0.1, -0.05) is 30.3 Å². The quantitative estimate of drug-likeness (QED) is 0.664. The van der Waals surface area contributed by atoms with Crippen LogP contribution in [0.1, 0.15) is 5.56 Å². The molecule has 0 aromatic heterocycles. The van der Waals surface area contributed by atoms with E-state index >= 15 is 0 Å². The lowest BCUT2D eigenvalue weighted by Crippen LogP contribution is -2.06. The zero-order chi connectivity index (χ0) is 8.81. The number of terminal acetylenes is 1. The maximum Gasteiger partial charge on any atom is 0.0572 e. The molecule has 1 aromatic carbocycles. The van der Waals surface area contributed by atoms with Crippen LogP contribution in [0.25, 0.3) is 0 Å². The zero-order valence-corrected chi connectivity index (χ0v) is 6.90. The van der Waals surface area contributed by atoms with Crippen molar-refractivity contribution in [1.29, 1.82) is 0 Å². The highest BCUT2D eigenvalue weighted by Crippen LogP contribution is 2.06. The minimum atomic E-state index is -0.0487. The average Bonchev–Trinajstić information content (AvgIpc) is 2.16. The van der Waals surface area contributed by atoms with E-state index in [0.717, 1.165) is 6.42 Å². The van der Waals surface area contributed by atoms with Crippen molar-refractivity contribution in [2.75, 3.05) is 6.61 Å². The normalized spacial score (nSPS) is 12.0. The predicted molar refractivity (Wildman–Crippen MR) is 49.6 cm³/mol. The Bertz CT molecular complexity index is 258. The highest BCUT2D eigenvalue weighted by Gasteiger charge is 2.02. The SMILES string of the molecule is C#C[C@H](CO)Cc1ccccc1. The molecule has 0 saturated heterocycles. The molecule has 1 aromatic rings. The molecule has 0 aliphatic rings. The summed E-state index contributed by atoms with van der Waals surface area (Å²) in [5.41, 5.74) is 1.18. The summed E-state index contributed by atoms with van der Waals surface area (Å²) < 4.78 is 0. The molecule has 1 rings (SSSR count). The summed E-state index contributed by atoms with van der Waals surface area (Å²) in [6.07, 6.45) is 5.98. The summed E-state index contributed by atoms with van der Waals surface area (Å²) in [5, 5.41) is 8.84. The maximum absolute atomic E-state index is 8.84. The molecule has 0 radical (unpaired) electrons. The van der Waals surface area contributed by atoms with Gasteiger partial charge in [-0.25, -0.2) is 0 Å². The Morgan fingerprint density at radius 2 is 2.00 bits per heavy atom. The van der Waals surface area contributed by atoms with E-state index < -0.39 is 0 Å². The van der Waals surface area contributed by atoms with Gasteiger partial charge in [-0.3, -0.25) is 0 Å². The van der Waals surface area contributed by atoms with Crippen LogP contribution < -0.4 is 0 Å². The van der Waals surface area contributed by atoms with E-state index in [1.165, 1.54) is 5.56 Å². The first-order valence-electron chi connectivity index (χ1n) is 3.97. The molecule has 0 spiro atoms. The van der Waals surface area contributed by atoms with E-state index in [1.54, 1.807) is 0 Å². The molecule has 1 heteroatoms. The molecule has 0 amide bonds. The van der Waals surface area contributed by atoms with Gasteiger partial charge in [0.2, 0.25) is 0 Å². The summed E-state index contributed by atoms with van der Waals surface area (Å²) in [7, 11) is 0. The van der Waals surface area contributed by atoms with Crippen LogP contribution in [0, 0.1) is 18.3 Å². The second-order valence-corrected chi connectivity index (χ2v) is 2.74. The van der Waals surface area contributed by atoms with Gasteiger partial charge in [0.1, 0.15) is 0 Å². The van der Waals surface area contributed by atoms with E-state index in [2.05, 4.69) is 5.92 Å². The Morgan fingerprint density at radius 1 is 1.33 bits per heavy atom. The highest BCUT2D eigenvalue weighted by atomic mass is 16.3. The van der Waals surface area contributed by atoms with Crippen molar-refractivity contribution < 1.29 is 5.11 Å². The van der Waals surface area contributed by atoms with Crippen LogP contribution in [0.5, 0.6) is 0 Å². The minimum Gasteiger partial charge on any atom is -0.395 e. The van der Waals surface area contributed by atoms with Crippen LogP contribution in [0.3, 0.4) is 0 Å². The van der Waals surface area contributed by atoms with E-state index in [0.29, 0.717) is 0 Å². The number of hydrogen-bond acceptors (Lipinski definition) is 1. The van der Waals surface area contributed by atoms with Crippen molar-refractivity contribution >= 4 is 0 Å². The fourth-order valence-corrected chi connectivity index (χ4v) is 1.07. The largest absolute Gasteiger partial charge is 0.395 e. The Hall–Kier alpha value is -1.26. The first kappa shape index (κ1) is 8.83. The molecule has 62 valence electrons. The lowest BCUT2D eigenvalue weighted by Gasteiger charge is -2.05. The van der Waals surface area contributed by atoms with Crippen molar-refractivity contribution in [2.45, 2.75) is 6.42 Å². The van der Waals surface area contributed by atoms with Crippen LogP contribution >= 0.6 is 0 Å². The van der Waals surface area contributed by atoms with Gasteiger partial charge in [0.15, 0.2) is 0 Å². The standard InChI is InChI=1S/C11H12O/c1-2-10(9-12)8-11-6-4-3-5-7-11/h1,3-7,10,12H,8-9H2/t10-/m0/s1. The molecule has 12 heavy (non-hydrogen) atoms. The molecule has 0 aliphatic carbocycles. The Labute approximate surface area is 73.0 Å². The average molecular weight is 160 g/mol. The van der Waals surface area contributed by atoms with Gasteiger partial charge in [-0.2, -0.15) is 0 Å². The Balaban J connectivity index is 2.58. The number of rotatable bonds is 3. The van der Waals surface area contributed by atoms with Crippen molar-refractivity contribution in [3.8, 4) is 12.3 Å². The predicted octanol–water partition coefficient (Wildman–Crippen LogP) is 1.47. The van der Waals surface area contributed by atoms with Crippen LogP contribution in [0.2, 0.25) is 0 Å². The Morgan fingerprint density at radius 3 is 2.50 bits per heavy atom. The van der Waals surface area contributed by atoms with E-state index in [4.69, 9.17) is 11.5 Å². The van der Waals surface area contributed by atoms with Crippen molar-refractivity contribution in [2.24, 2.45) is 5.92 Å². The second kappa shape index (κ2) is 4.58. The van der Waals surface area contributed by atoms with Crippen LogP contribution in [-0.2, 0) is 6.42 Å². The molecule has 0 saturated carbocycles. The summed E-state index contributed by atoms with van der Waals surface area (Å²) >= 11 is 0. The summed E-state index contributed by atoms with van der Waals surface area (Å²) in [5.74, 6) is 2.50. The molecule has 0 fully saturated rings. The fraction of sp³-hybridized carbons (Fsp3) is 0.273. The molecule has 0 unspecified atom stereocenters. The number of aliphatic hydroxyl groups excluding tert-OH is 1. The number of benzene rings is 1. The third-order valence-corrected chi connectivity index (χ3v) is 1.78. The van der Waals surface area contributed by atoms with Crippen molar-refractivity contribution in [3.05, 3.63) is 35.9 Å². The topological polar surface area (TPSA) is 20.2 Å². The van der Waals surface area contributed by atoms with Crippen molar-refractivity contribution in [3.63, 3.8) is 0 Å². The van der Waals surface area contributed by atoms with Crippen LogP contribution in [0.15, 0.2) is 30.3 Å². The van der Waals surface area contributed by atoms with Crippen LogP contribution in [-0.4, -0.2) is 11.7 Å². The summed E-state index contributed by atoms with van der Waals surface area (Å²) in [6.45, 7) is 0.0609. The molecule has 0 heterocycles. The van der Waals surface area contributed by atoms with Gasteiger partial charge in [-0.05, 0) is 12.0 Å². The fourth-order valence-electron chi connectivity index (χ4n) is 1.07. The van der Waals surface area contributed by atoms with Gasteiger partial charge in [-0.15, -0.1) is 12.3 Å².